The smallest absolute Gasteiger partial charge is 0.265 e. The van der Waals surface area contributed by atoms with Crippen LogP contribution >= 0.6 is 11.6 Å². The van der Waals surface area contributed by atoms with E-state index in [9.17, 15) is 4.79 Å². The van der Waals surface area contributed by atoms with Crippen molar-refractivity contribution in [2.75, 3.05) is 26.1 Å². The highest BCUT2D eigenvalue weighted by molar-refractivity contribution is 6.36. The van der Waals surface area contributed by atoms with E-state index in [0.29, 0.717) is 16.3 Å². The van der Waals surface area contributed by atoms with Crippen LogP contribution in [0, 0.1) is 0 Å². The van der Waals surface area contributed by atoms with E-state index >= 15 is 0 Å². The third-order valence-corrected chi connectivity index (χ3v) is 3.94. The molecule has 1 aliphatic rings. The standard InChI is InChI=1S/C18H17ClN2O2/c1-20(2)11-14-13-6-4-5-7-16(13)21(18(14)22)12-8-9-17(23-3)15(19)10-12/h4-11H,1-3H3. The fourth-order valence-corrected chi connectivity index (χ4v) is 2.93. The van der Waals surface area contributed by atoms with Gasteiger partial charge in [0.15, 0.2) is 0 Å². The second-order valence-corrected chi connectivity index (χ2v) is 5.89. The van der Waals surface area contributed by atoms with Gasteiger partial charge in [-0.1, -0.05) is 29.8 Å². The van der Waals surface area contributed by atoms with Crippen molar-refractivity contribution < 1.29 is 9.53 Å². The molecule has 0 radical (unpaired) electrons. The topological polar surface area (TPSA) is 32.8 Å². The lowest BCUT2D eigenvalue weighted by atomic mass is 10.1. The number of methoxy groups -OCH3 is 1. The van der Waals surface area contributed by atoms with Gasteiger partial charge in [-0.25, -0.2) is 0 Å². The van der Waals surface area contributed by atoms with E-state index in [1.54, 1.807) is 24.1 Å². The fraction of sp³-hybridized carbons (Fsp3) is 0.167. The summed E-state index contributed by atoms with van der Waals surface area (Å²) in [5, 5.41) is 0.473. The van der Waals surface area contributed by atoms with Crippen molar-refractivity contribution in [2.24, 2.45) is 0 Å². The molecule has 23 heavy (non-hydrogen) atoms. The number of hydrogen-bond donors (Lipinski definition) is 0. The average Bonchev–Trinajstić information content (AvgIpc) is 2.79. The minimum Gasteiger partial charge on any atom is -0.495 e. The summed E-state index contributed by atoms with van der Waals surface area (Å²) in [6.07, 6.45) is 1.84. The Bertz CT molecular complexity index is 799. The Labute approximate surface area is 140 Å². The van der Waals surface area contributed by atoms with Gasteiger partial charge in [0.1, 0.15) is 5.75 Å². The molecule has 0 saturated heterocycles. The van der Waals surface area contributed by atoms with E-state index in [1.165, 1.54) is 0 Å². The Kier molecular flexibility index (Phi) is 4.01. The summed E-state index contributed by atoms with van der Waals surface area (Å²) < 4.78 is 5.18. The van der Waals surface area contributed by atoms with E-state index < -0.39 is 0 Å². The fourth-order valence-electron chi connectivity index (χ4n) is 2.68. The van der Waals surface area contributed by atoms with Crippen molar-refractivity contribution in [3.63, 3.8) is 0 Å². The molecule has 0 atom stereocenters. The first-order chi connectivity index (χ1) is 11.0. The Morgan fingerprint density at radius 1 is 1.17 bits per heavy atom. The molecule has 0 spiro atoms. The first-order valence-corrected chi connectivity index (χ1v) is 7.56. The van der Waals surface area contributed by atoms with Crippen LogP contribution in [0.3, 0.4) is 0 Å². The van der Waals surface area contributed by atoms with Crippen LogP contribution in [0.15, 0.2) is 48.7 Å². The number of carbonyl (C=O) groups is 1. The van der Waals surface area contributed by atoms with Gasteiger partial charge in [0.25, 0.3) is 5.91 Å². The molecule has 1 aliphatic heterocycles. The summed E-state index contributed by atoms with van der Waals surface area (Å²) in [5.41, 5.74) is 3.15. The number of anilines is 2. The van der Waals surface area contributed by atoms with E-state index in [1.807, 2.05) is 55.5 Å². The number of hydrogen-bond acceptors (Lipinski definition) is 3. The van der Waals surface area contributed by atoms with Crippen LogP contribution in [-0.2, 0) is 4.79 Å². The molecule has 1 amide bonds. The molecule has 0 N–H and O–H groups in total. The van der Waals surface area contributed by atoms with E-state index in [-0.39, 0.29) is 5.91 Å². The first-order valence-electron chi connectivity index (χ1n) is 7.18. The molecule has 0 unspecified atom stereocenters. The summed E-state index contributed by atoms with van der Waals surface area (Å²) >= 11 is 6.22. The number of para-hydroxylation sites is 1. The molecule has 2 aromatic rings. The molecule has 0 aromatic heterocycles. The third kappa shape index (κ3) is 2.66. The number of fused-ring (bicyclic) bond motifs is 1. The average molecular weight is 329 g/mol. The molecule has 2 aromatic carbocycles. The number of halogens is 1. The zero-order valence-electron chi connectivity index (χ0n) is 13.2. The van der Waals surface area contributed by atoms with E-state index in [4.69, 9.17) is 16.3 Å². The van der Waals surface area contributed by atoms with Gasteiger partial charge in [0.05, 0.1) is 29.1 Å². The van der Waals surface area contributed by atoms with Gasteiger partial charge in [0.2, 0.25) is 0 Å². The van der Waals surface area contributed by atoms with Crippen LogP contribution in [0.5, 0.6) is 5.75 Å². The van der Waals surface area contributed by atoms with E-state index in [2.05, 4.69) is 0 Å². The maximum Gasteiger partial charge on any atom is 0.265 e. The second-order valence-electron chi connectivity index (χ2n) is 5.48. The summed E-state index contributed by atoms with van der Waals surface area (Å²) in [6, 6.07) is 13.1. The highest BCUT2D eigenvalue weighted by atomic mass is 35.5. The highest BCUT2D eigenvalue weighted by Crippen LogP contribution is 2.42. The Balaban J connectivity index is 2.14. The van der Waals surface area contributed by atoms with Crippen molar-refractivity contribution in [1.82, 2.24) is 4.90 Å². The molecular weight excluding hydrogens is 312 g/mol. The Hall–Kier alpha value is -2.46. The van der Waals surface area contributed by atoms with Crippen molar-refractivity contribution >= 4 is 34.5 Å². The number of amides is 1. The van der Waals surface area contributed by atoms with Crippen molar-refractivity contribution in [1.29, 1.82) is 0 Å². The van der Waals surface area contributed by atoms with Gasteiger partial charge in [-0.05, 0) is 24.3 Å². The van der Waals surface area contributed by atoms with Gasteiger partial charge in [-0.15, -0.1) is 0 Å². The van der Waals surface area contributed by atoms with Crippen molar-refractivity contribution in [3.8, 4) is 5.75 Å². The van der Waals surface area contributed by atoms with Gasteiger partial charge in [0, 0.05) is 25.9 Å². The quantitative estimate of drug-likeness (QED) is 0.800. The Morgan fingerprint density at radius 2 is 1.91 bits per heavy atom. The maximum atomic E-state index is 12.9. The molecule has 0 saturated carbocycles. The van der Waals surface area contributed by atoms with Gasteiger partial charge in [-0.2, -0.15) is 0 Å². The van der Waals surface area contributed by atoms with Crippen LogP contribution in [0.25, 0.3) is 5.57 Å². The van der Waals surface area contributed by atoms with Gasteiger partial charge >= 0.3 is 0 Å². The molecular formula is C18H17ClN2O2. The number of rotatable bonds is 3. The van der Waals surface area contributed by atoms with Crippen LogP contribution in [-0.4, -0.2) is 32.0 Å². The van der Waals surface area contributed by atoms with Gasteiger partial charge in [-0.3, -0.25) is 9.69 Å². The predicted molar refractivity (Wildman–Crippen MR) is 93.3 cm³/mol. The number of carbonyl (C=O) groups excluding carboxylic acids is 1. The first kappa shape index (κ1) is 15.4. The van der Waals surface area contributed by atoms with Crippen LogP contribution < -0.4 is 9.64 Å². The second kappa shape index (κ2) is 5.97. The zero-order chi connectivity index (χ0) is 16.6. The summed E-state index contributed by atoms with van der Waals surface area (Å²) in [7, 11) is 5.36. The minimum atomic E-state index is -0.0684. The summed E-state index contributed by atoms with van der Waals surface area (Å²) in [4.78, 5) is 16.5. The van der Waals surface area contributed by atoms with E-state index in [0.717, 1.165) is 16.9 Å². The number of nitrogens with zero attached hydrogens (tertiary/aromatic N) is 2. The molecule has 0 fully saturated rings. The minimum absolute atomic E-state index is 0.0684. The molecule has 5 heteroatoms. The largest absolute Gasteiger partial charge is 0.495 e. The molecule has 3 rings (SSSR count). The highest BCUT2D eigenvalue weighted by Gasteiger charge is 2.33. The molecule has 118 valence electrons. The lowest BCUT2D eigenvalue weighted by molar-refractivity contribution is -0.112. The summed E-state index contributed by atoms with van der Waals surface area (Å²) in [5.74, 6) is 0.514. The van der Waals surface area contributed by atoms with Crippen LogP contribution in [0.2, 0.25) is 5.02 Å². The zero-order valence-corrected chi connectivity index (χ0v) is 14.0. The molecule has 0 aliphatic carbocycles. The molecule has 0 bridgehead atoms. The Morgan fingerprint density at radius 3 is 2.57 bits per heavy atom. The SMILES string of the molecule is COc1ccc(N2C(=O)C(=CN(C)C)c3ccccc32)cc1Cl. The molecule has 1 heterocycles. The lowest BCUT2D eigenvalue weighted by Gasteiger charge is -2.18. The number of ether oxygens (including phenoxy) is 1. The number of benzene rings is 2. The lowest BCUT2D eigenvalue weighted by Crippen LogP contribution is -2.21. The van der Waals surface area contributed by atoms with Crippen molar-refractivity contribution in [2.45, 2.75) is 0 Å². The molecule has 4 nitrogen and oxygen atoms in total. The predicted octanol–water partition coefficient (Wildman–Crippen LogP) is 3.93. The monoisotopic (exact) mass is 328 g/mol. The summed E-state index contributed by atoms with van der Waals surface area (Å²) in [6.45, 7) is 0. The van der Waals surface area contributed by atoms with Crippen LogP contribution in [0.4, 0.5) is 11.4 Å². The third-order valence-electron chi connectivity index (χ3n) is 3.65. The van der Waals surface area contributed by atoms with Crippen molar-refractivity contribution in [3.05, 3.63) is 59.3 Å². The van der Waals surface area contributed by atoms with Gasteiger partial charge < -0.3 is 9.64 Å². The normalized spacial score (nSPS) is 15.0. The van der Waals surface area contributed by atoms with Crippen LogP contribution in [0.1, 0.15) is 5.56 Å². The maximum absolute atomic E-state index is 12.9.